The van der Waals surface area contributed by atoms with Gasteiger partial charge >= 0.3 is 0 Å². The summed E-state index contributed by atoms with van der Waals surface area (Å²) in [5.41, 5.74) is 11.6. The van der Waals surface area contributed by atoms with E-state index in [-0.39, 0.29) is 0 Å². The topological polar surface area (TPSA) is 35.6 Å². The van der Waals surface area contributed by atoms with Crippen LogP contribution in [0.5, 0.6) is 0 Å². The molecule has 0 aliphatic heterocycles. The third-order valence-corrected chi connectivity index (χ3v) is 10.5. The van der Waals surface area contributed by atoms with Crippen molar-refractivity contribution in [3.8, 4) is 33.6 Å². The fraction of sp³-hybridized carbons (Fsp3) is 0.261. The number of unbranched alkanes of at least 4 members (excludes halogenated alkanes) is 6. The predicted molar refractivity (Wildman–Crippen MR) is 213 cm³/mol. The second-order valence-corrected chi connectivity index (χ2v) is 13.8. The fourth-order valence-corrected chi connectivity index (χ4v) is 7.77. The van der Waals surface area contributed by atoms with E-state index >= 15 is 0 Å². The second kappa shape index (κ2) is 14.3. The van der Waals surface area contributed by atoms with E-state index in [2.05, 4.69) is 132 Å². The number of aromatic nitrogens is 4. The number of benzene rings is 4. The molecule has 0 spiro atoms. The minimum Gasteiger partial charge on any atom is -0.340 e. The summed E-state index contributed by atoms with van der Waals surface area (Å²) >= 11 is 0. The molecule has 0 bridgehead atoms. The van der Waals surface area contributed by atoms with Crippen LogP contribution in [0.1, 0.15) is 65.2 Å². The highest BCUT2D eigenvalue weighted by molar-refractivity contribution is 6.10. The molecule has 0 amide bonds. The van der Waals surface area contributed by atoms with Crippen LogP contribution in [0.15, 0.2) is 122 Å². The van der Waals surface area contributed by atoms with Gasteiger partial charge in [0.15, 0.2) is 0 Å². The van der Waals surface area contributed by atoms with Crippen molar-refractivity contribution in [1.29, 1.82) is 0 Å². The molecule has 4 nitrogen and oxygen atoms in total. The first kappa shape index (κ1) is 32.0. The smallest absolute Gasteiger partial charge is 0.0886 e. The zero-order valence-electron chi connectivity index (χ0n) is 29.4. The van der Waals surface area contributed by atoms with Gasteiger partial charge in [-0.15, -0.1) is 0 Å². The van der Waals surface area contributed by atoms with E-state index in [1.807, 2.05) is 12.4 Å². The van der Waals surface area contributed by atoms with Crippen LogP contribution in [0.3, 0.4) is 0 Å². The Kier molecular flexibility index (Phi) is 9.17. The molecule has 0 radical (unpaired) electrons. The van der Waals surface area contributed by atoms with Gasteiger partial charge in [0.1, 0.15) is 0 Å². The second-order valence-electron chi connectivity index (χ2n) is 13.8. The van der Waals surface area contributed by atoms with Crippen molar-refractivity contribution in [1.82, 2.24) is 19.1 Å². The van der Waals surface area contributed by atoms with E-state index in [0.717, 1.165) is 35.6 Å². The molecule has 8 rings (SSSR count). The summed E-state index contributed by atoms with van der Waals surface area (Å²) in [6.45, 7) is 6.66. The highest BCUT2D eigenvalue weighted by atomic mass is 15.0. The van der Waals surface area contributed by atoms with Crippen LogP contribution in [-0.4, -0.2) is 19.1 Å². The van der Waals surface area contributed by atoms with Crippen LogP contribution in [0.2, 0.25) is 0 Å². The molecule has 250 valence electrons. The Balaban J connectivity index is 1.03. The Labute approximate surface area is 295 Å². The fourth-order valence-electron chi connectivity index (χ4n) is 7.77. The molecule has 8 aromatic rings. The van der Waals surface area contributed by atoms with Gasteiger partial charge in [-0.1, -0.05) is 113 Å². The van der Waals surface area contributed by atoms with E-state index in [0.29, 0.717) is 0 Å². The van der Waals surface area contributed by atoms with Gasteiger partial charge in [0.25, 0.3) is 0 Å². The van der Waals surface area contributed by atoms with E-state index in [1.54, 1.807) is 0 Å². The number of para-hydroxylation sites is 2. The predicted octanol–water partition coefficient (Wildman–Crippen LogP) is 12.9. The van der Waals surface area contributed by atoms with Crippen LogP contribution < -0.4 is 0 Å². The van der Waals surface area contributed by atoms with E-state index in [4.69, 9.17) is 9.97 Å². The maximum absolute atomic E-state index is 4.88. The van der Waals surface area contributed by atoms with Crippen LogP contribution in [-0.2, 0) is 13.1 Å². The summed E-state index contributed by atoms with van der Waals surface area (Å²) in [5.74, 6) is 0. The van der Waals surface area contributed by atoms with Gasteiger partial charge in [-0.3, -0.25) is 9.97 Å². The first-order chi connectivity index (χ1) is 24.7. The van der Waals surface area contributed by atoms with Gasteiger partial charge in [0.05, 0.1) is 11.4 Å². The Bertz CT molecular complexity index is 2220. The summed E-state index contributed by atoms with van der Waals surface area (Å²) in [5, 5.41) is 5.26. The molecule has 50 heavy (non-hydrogen) atoms. The molecule has 0 unspecified atom stereocenters. The highest BCUT2D eigenvalue weighted by Crippen LogP contribution is 2.35. The van der Waals surface area contributed by atoms with E-state index < -0.39 is 0 Å². The third kappa shape index (κ3) is 6.08. The number of rotatable bonds is 13. The van der Waals surface area contributed by atoms with Crippen molar-refractivity contribution in [3.63, 3.8) is 0 Å². The van der Waals surface area contributed by atoms with Gasteiger partial charge in [-0.05, 0) is 72.5 Å². The van der Waals surface area contributed by atoms with Gasteiger partial charge in [0.2, 0.25) is 0 Å². The lowest BCUT2D eigenvalue weighted by atomic mass is 10.0. The Morgan fingerprint density at radius 2 is 0.820 bits per heavy atom. The average Bonchev–Trinajstić information content (AvgIpc) is 3.66. The standard InChI is InChI=1S/C46H46N4/c1-3-5-7-13-27-49-43-17-11-9-15-37(43)39-29-33(21-25-45(39)49)35-19-23-41(47-31-35)42-24-20-36(32-48-42)34-22-26-46-40(30-34)38-16-10-12-18-44(38)50(46)28-14-8-6-4-2/h9-12,15-26,29-32H,3-8,13-14,27-28H2,1-2H3. The molecule has 4 aromatic carbocycles. The number of aryl methyl sites for hydroxylation is 2. The average molecular weight is 655 g/mol. The van der Waals surface area contributed by atoms with Crippen LogP contribution in [0.25, 0.3) is 77.3 Å². The monoisotopic (exact) mass is 654 g/mol. The summed E-state index contributed by atoms with van der Waals surface area (Å²) in [4.78, 5) is 9.75. The van der Waals surface area contributed by atoms with Gasteiger partial charge in [-0.25, -0.2) is 0 Å². The number of nitrogens with zero attached hydrogens (tertiary/aromatic N) is 4. The molecular formula is C46H46N4. The molecule has 0 saturated heterocycles. The van der Waals surface area contributed by atoms with Crippen LogP contribution in [0, 0.1) is 0 Å². The van der Waals surface area contributed by atoms with Crippen molar-refractivity contribution >= 4 is 43.6 Å². The Hall–Kier alpha value is -5.22. The number of hydrogen-bond donors (Lipinski definition) is 0. The highest BCUT2D eigenvalue weighted by Gasteiger charge is 2.14. The molecule has 0 saturated carbocycles. The molecule has 0 atom stereocenters. The molecule has 0 aliphatic carbocycles. The van der Waals surface area contributed by atoms with Gasteiger partial charge in [-0.2, -0.15) is 0 Å². The molecule has 4 aromatic heterocycles. The maximum Gasteiger partial charge on any atom is 0.0886 e. The van der Waals surface area contributed by atoms with Crippen molar-refractivity contribution in [2.24, 2.45) is 0 Å². The summed E-state index contributed by atoms with van der Waals surface area (Å²) in [6, 6.07) is 39.9. The molecular weight excluding hydrogens is 609 g/mol. The third-order valence-electron chi connectivity index (χ3n) is 10.5. The first-order valence-electron chi connectivity index (χ1n) is 18.7. The number of pyridine rings is 2. The minimum absolute atomic E-state index is 0.881. The van der Waals surface area contributed by atoms with Crippen molar-refractivity contribution < 1.29 is 0 Å². The quantitative estimate of drug-likeness (QED) is 0.116. The lowest BCUT2D eigenvalue weighted by molar-refractivity contribution is 0.602. The van der Waals surface area contributed by atoms with Crippen molar-refractivity contribution in [2.75, 3.05) is 0 Å². The molecule has 4 heteroatoms. The van der Waals surface area contributed by atoms with Gasteiger partial charge in [0, 0.05) is 80.2 Å². The summed E-state index contributed by atoms with van der Waals surface area (Å²) in [6.07, 6.45) is 14.1. The molecule has 0 aliphatic rings. The Morgan fingerprint density at radius 1 is 0.400 bits per heavy atom. The summed E-state index contributed by atoms with van der Waals surface area (Å²) in [7, 11) is 0. The number of hydrogen-bond acceptors (Lipinski definition) is 2. The normalized spacial score (nSPS) is 11.8. The van der Waals surface area contributed by atoms with Crippen molar-refractivity contribution in [3.05, 3.63) is 122 Å². The lowest BCUT2D eigenvalue weighted by Crippen LogP contribution is -1.97. The lowest BCUT2D eigenvalue weighted by Gasteiger charge is -2.09. The molecule has 4 heterocycles. The van der Waals surface area contributed by atoms with E-state index in [9.17, 15) is 0 Å². The van der Waals surface area contributed by atoms with Crippen LogP contribution >= 0.6 is 0 Å². The van der Waals surface area contributed by atoms with E-state index in [1.165, 1.54) is 106 Å². The first-order valence-corrected chi connectivity index (χ1v) is 18.7. The summed E-state index contributed by atoms with van der Waals surface area (Å²) < 4.78 is 5.01. The molecule has 0 fully saturated rings. The minimum atomic E-state index is 0.881. The maximum atomic E-state index is 4.88. The molecule has 0 N–H and O–H groups in total. The number of fused-ring (bicyclic) bond motifs is 6. The Morgan fingerprint density at radius 3 is 1.24 bits per heavy atom. The van der Waals surface area contributed by atoms with Crippen LogP contribution in [0.4, 0.5) is 0 Å². The van der Waals surface area contributed by atoms with Gasteiger partial charge < -0.3 is 9.13 Å². The zero-order chi connectivity index (χ0) is 33.9. The SMILES string of the molecule is CCCCCCn1c2ccccc2c2cc(-c3ccc(-c4ccc(-c5ccc6c(c5)c5ccccc5n6CCCCCC)cn4)nc3)ccc21. The van der Waals surface area contributed by atoms with Crippen molar-refractivity contribution in [2.45, 2.75) is 78.3 Å². The zero-order valence-corrected chi connectivity index (χ0v) is 29.4. The largest absolute Gasteiger partial charge is 0.340 e.